The molecule has 7 nitrogen and oxygen atoms in total. The topological polar surface area (TPSA) is 85.3 Å². The minimum atomic E-state index is -2.78. The Balaban J connectivity index is 1.46. The van der Waals surface area contributed by atoms with Gasteiger partial charge < -0.3 is 9.84 Å². The number of pyridine rings is 1. The second-order valence-corrected chi connectivity index (χ2v) is 7.48. The van der Waals surface area contributed by atoms with Gasteiger partial charge in [0.15, 0.2) is 0 Å². The summed E-state index contributed by atoms with van der Waals surface area (Å²) in [6.07, 6.45) is 3.00. The lowest BCUT2D eigenvalue weighted by atomic mass is 10.0. The smallest absolute Gasteiger partial charge is 0.274 e. The molecule has 1 aliphatic carbocycles. The Morgan fingerprint density at radius 1 is 1.27 bits per heavy atom. The normalized spacial score (nSPS) is 17.3. The fourth-order valence-electron chi connectivity index (χ4n) is 3.48. The van der Waals surface area contributed by atoms with Gasteiger partial charge in [0.05, 0.1) is 6.20 Å². The molecule has 30 heavy (non-hydrogen) atoms. The molecule has 1 N–H and O–H groups in total. The van der Waals surface area contributed by atoms with Gasteiger partial charge in [-0.1, -0.05) is 17.3 Å². The summed E-state index contributed by atoms with van der Waals surface area (Å²) in [4.78, 5) is 21.2. The summed E-state index contributed by atoms with van der Waals surface area (Å²) in [6.45, 7) is 3.73. The SMILES string of the molecule is Cc1cc(C)c(-c2noc([C@H]3CC3(F)F)n2)cc1NC(=O)c1cnc2ccccn12. The van der Waals surface area contributed by atoms with Crippen molar-refractivity contribution >= 4 is 17.2 Å². The van der Waals surface area contributed by atoms with E-state index >= 15 is 0 Å². The lowest BCUT2D eigenvalue weighted by molar-refractivity contribution is 0.102. The van der Waals surface area contributed by atoms with Crippen LogP contribution in [0, 0.1) is 13.8 Å². The van der Waals surface area contributed by atoms with E-state index in [0.717, 1.165) is 11.1 Å². The fraction of sp³-hybridized carbons (Fsp3) is 0.238. The molecule has 9 heteroatoms. The molecular formula is C21H17F2N5O2. The van der Waals surface area contributed by atoms with Crippen molar-refractivity contribution in [1.29, 1.82) is 0 Å². The number of aryl methyl sites for hydroxylation is 2. The number of hydrogen-bond donors (Lipinski definition) is 1. The maximum absolute atomic E-state index is 13.3. The Morgan fingerprint density at radius 3 is 2.83 bits per heavy atom. The molecule has 0 unspecified atom stereocenters. The van der Waals surface area contributed by atoms with E-state index in [-0.39, 0.29) is 24.0 Å². The highest BCUT2D eigenvalue weighted by Crippen LogP contribution is 2.55. The highest BCUT2D eigenvalue weighted by molar-refractivity contribution is 6.04. The van der Waals surface area contributed by atoms with Gasteiger partial charge in [-0.2, -0.15) is 4.98 Å². The maximum Gasteiger partial charge on any atom is 0.274 e. The van der Waals surface area contributed by atoms with Gasteiger partial charge in [0, 0.05) is 23.9 Å². The molecule has 1 aromatic carbocycles. The van der Waals surface area contributed by atoms with Gasteiger partial charge in [-0.25, -0.2) is 13.8 Å². The van der Waals surface area contributed by atoms with Crippen LogP contribution in [0.25, 0.3) is 17.0 Å². The third-order valence-electron chi connectivity index (χ3n) is 5.28. The van der Waals surface area contributed by atoms with Crippen molar-refractivity contribution in [3.05, 3.63) is 65.4 Å². The fourth-order valence-corrected chi connectivity index (χ4v) is 3.48. The maximum atomic E-state index is 13.3. The first-order chi connectivity index (χ1) is 14.3. The van der Waals surface area contributed by atoms with Crippen molar-refractivity contribution in [3.63, 3.8) is 0 Å². The van der Waals surface area contributed by atoms with E-state index < -0.39 is 11.8 Å². The van der Waals surface area contributed by atoms with Crippen LogP contribution in [0.15, 0.2) is 47.2 Å². The predicted molar refractivity (Wildman–Crippen MR) is 105 cm³/mol. The Bertz CT molecular complexity index is 1290. The lowest BCUT2D eigenvalue weighted by Gasteiger charge is -2.12. The number of nitrogens with one attached hydrogen (secondary N) is 1. The van der Waals surface area contributed by atoms with Crippen LogP contribution in [0.5, 0.6) is 0 Å². The monoisotopic (exact) mass is 409 g/mol. The van der Waals surface area contributed by atoms with E-state index in [0.29, 0.717) is 22.6 Å². The zero-order valence-corrected chi connectivity index (χ0v) is 16.2. The minimum Gasteiger partial charge on any atom is -0.338 e. The first-order valence-corrected chi connectivity index (χ1v) is 9.40. The average molecular weight is 409 g/mol. The second-order valence-electron chi connectivity index (χ2n) is 7.48. The first-order valence-electron chi connectivity index (χ1n) is 9.40. The van der Waals surface area contributed by atoms with Crippen LogP contribution >= 0.6 is 0 Å². The largest absolute Gasteiger partial charge is 0.338 e. The predicted octanol–water partition coefficient (Wildman–Crippen LogP) is 4.38. The van der Waals surface area contributed by atoms with Crippen LogP contribution < -0.4 is 5.32 Å². The molecule has 0 aliphatic heterocycles. The van der Waals surface area contributed by atoms with E-state index in [2.05, 4.69) is 20.4 Å². The number of benzene rings is 1. The summed E-state index contributed by atoms with van der Waals surface area (Å²) in [5, 5.41) is 6.76. The number of halogens is 2. The minimum absolute atomic E-state index is 0.0636. The van der Waals surface area contributed by atoms with Gasteiger partial charge >= 0.3 is 0 Å². The number of carbonyl (C=O) groups is 1. The van der Waals surface area contributed by atoms with Crippen LogP contribution in [0.3, 0.4) is 0 Å². The number of rotatable bonds is 4. The van der Waals surface area contributed by atoms with E-state index in [9.17, 15) is 13.6 Å². The van der Waals surface area contributed by atoms with Crippen molar-refractivity contribution in [2.24, 2.45) is 0 Å². The standard InChI is InChI=1S/C21H17F2N5O2/c1-11-7-12(2)15(25-19(29)16-10-24-17-5-3-4-6-28(16)17)8-13(11)18-26-20(30-27-18)14-9-21(14,22)23/h3-8,10,14H,9H2,1-2H3,(H,25,29)/t14-/m1/s1. The number of amides is 1. The average Bonchev–Trinajstić information content (AvgIpc) is 3.08. The number of nitrogens with zero attached hydrogens (tertiary/aromatic N) is 4. The molecular weight excluding hydrogens is 392 g/mol. The molecule has 3 aromatic heterocycles. The van der Waals surface area contributed by atoms with Gasteiger partial charge in [-0.3, -0.25) is 9.20 Å². The number of imidazole rings is 1. The highest BCUT2D eigenvalue weighted by Gasteiger charge is 2.61. The number of hydrogen-bond acceptors (Lipinski definition) is 5. The second kappa shape index (κ2) is 6.45. The summed E-state index contributed by atoms with van der Waals surface area (Å²) >= 11 is 0. The Labute approximate surface area is 169 Å². The molecule has 0 bridgehead atoms. The molecule has 3 heterocycles. The number of anilines is 1. The van der Waals surface area contributed by atoms with Gasteiger partial charge in [0.25, 0.3) is 11.8 Å². The van der Waals surface area contributed by atoms with Crippen LogP contribution in [0.1, 0.15) is 39.8 Å². The summed E-state index contributed by atoms with van der Waals surface area (Å²) < 4.78 is 33.3. The Morgan fingerprint density at radius 2 is 2.07 bits per heavy atom. The van der Waals surface area contributed by atoms with Crippen molar-refractivity contribution < 1.29 is 18.1 Å². The van der Waals surface area contributed by atoms with Gasteiger partial charge in [-0.15, -0.1) is 0 Å². The van der Waals surface area contributed by atoms with Crippen molar-refractivity contribution in [1.82, 2.24) is 19.5 Å². The Kier molecular flexibility index (Phi) is 3.96. The summed E-state index contributed by atoms with van der Waals surface area (Å²) in [6, 6.07) is 9.07. The summed E-state index contributed by atoms with van der Waals surface area (Å²) in [5.41, 5.74) is 3.92. The Hall–Kier alpha value is -3.62. The number of aromatic nitrogens is 4. The van der Waals surface area contributed by atoms with Crippen molar-refractivity contribution in [2.75, 3.05) is 5.32 Å². The molecule has 1 fully saturated rings. The molecule has 4 aromatic rings. The molecule has 0 saturated heterocycles. The van der Waals surface area contributed by atoms with Crippen LogP contribution in [0.2, 0.25) is 0 Å². The molecule has 1 aliphatic rings. The van der Waals surface area contributed by atoms with Crippen LogP contribution in [-0.2, 0) is 0 Å². The van der Waals surface area contributed by atoms with Crippen LogP contribution in [0.4, 0.5) is 14.5 Å². The molecule has 1 saturated carbocycles. The van der Waals surface area contributed by atoms with E-state index in [1.807, 2.05) is 38.1 Å². The molecule has 5 rings (SSSR count). The molecule has 0 spiro atoms. The number of carbonyl (C=O) groups excluding carboxylic acids is 1. The van der Waals surface area contributed by atoms with Crippen molar-refractivity contribution in [3.8, 4) is 11.4 Å². The first kappa shape index (κ1) is 18.4. The molecule has 1 atom stereocenters. The molecule has 152 valence electrons. The highest BCUT2D eigenvalue weighted by atomic mass is 19.3. The van der Waals surface area contributed by atoms with E-state index in [4.69, 9.17) is 4.52 Å². The van der Waals surface area contributed by atoms with E-state index in [1.165, 1.54) is 6.20 Å². The molecule has 0 radical (unpaired) electrons. The molecule has 1 amide bonds. The van der Waals surface area contributed by atoms with Gasteiger partial charge in [-0.05, 0) is 43.2 Å². The lowest BCUT2D eigenvalue weighted by Crippen LogP contribution is -2.15. The number of fused-ring (bicyclic) bond motifs is 1. The zero-order valence-electron chi connectivity index (χ0n) is 16.2. The summed E-state index contributed by atoms with van der Waals surface area (Å²) in [7, 11) is 0. The third-order valence-corrected chi connectivity index (χ3v) is 5.28. The van der Waals surface area contributed by atoms with E-state index in [1.54, 1.807) is 16.7 Å². The summed E-state index contributed by atoms with van der Waals surface area (Å²) in [5.74, 6) is -3.96. The zero-order chi connectivity index (χ0) is 21.0. The number of alkyl halides is 2. The third kappa shape index (κ3) is 3.02. The van der Waals surface area contributed by atoms with Crippen molar-refractivity contribution in [2.45, 2.75) is 32.1 Å². The quantitative estimate of drug-likeness (QED) is 0.541. The van der Waals surface area contributed by atoms with Gasteiger partial charge in [0.2, 0.25) is 11.7 Å². The van der Waals surface area contributed by atoms with Crippen LogP contribution in [-0.4, -0.2) is 31.4 Å². The van der Waals surface area contributed by atoms with Gasteiger partial charge in [0.1, 0.15) is 17.3 Å².